The topological polar surface area (TPSA) is 63.4 Å². The second-order valence-corrected chi connectivity index (χ2v) is 6.30. The van der Waals surface area contributed by atoms with Gasteiger partial charge >= 0.3 is 0 Å². The maximum atomic E-state index is 12.3. The summed E-state index contributed by atoms with van der Waals surface area (Å²) in [6, 6.07) is 2.24. The van der Waals surface area contributed by atoms with Crippen LogP contribution in [0, 0.1) is 0 Å². The average Bonchev–Trinajstić information content (AvgIpc) is 2.96. The molecule has 0 aromatic carbocycles. The lowest BCUT2D eigenvalue weighted by Gasteiger charge is -2.31. The van der Waals surface area contributed by atoms with Crippen LogP contribution in [-0.2, 0) is 4.79 Å². The Kier molecular flexibility index (Phi) is 4.38. The Morgan fingerprint density at radius 3 is 3.00 bits per heavy atom. The van der Waals surface area contributed by atoms with Crippen LogP contribution in [0.2, 0.25) is 0 Å². The summed E-state index contributed by atoms with van der Waals surface area (Å²) in [7, 11) is 1.92. The van der Waals surface area contributed by atoms with Crippen molar-refractivity contribution in [3.05, 3.63) is 18.5 Å². The van der Waals surface area contributed by atoms with Crippen LogP contribution >= 0.6 is 11.8 Å². The molecule has 0 atom stereocenters. The minimum atomic E-state index is 0.160. The van der Waals surface area contributed by atoms with Crippen molar-refractivity contribution in [2.24, 2.45) is 0 Å². The van der Waals surface area contributed by atoms with E-state index in [-0.39, 0.29) is 5.91 Å². The van der Waals surface area contributed by atoms with Crippen LogP contribution < -0.4 is 0 Å². The molecular weight excluding hydrogens is 286 g/mol. The Labute approximate surface area is 128 Å². The van der Waals surface area contributed by atoms with Crippen molar-refractivity contribution in [3.8, 4) is 0 Å². The lowest BCUT2D eigenvalue weighted by atomic mass is 9.94. The maximum Gasteiger partial charge on any atom is 0.255 e. The summed E-state index contributed by atoms with van der Waals surface area (Å²) < 4.78 is 1.80. The van der Waals surface area contributed by atoms with Gasteiger partial charge in [-0.15, -0.1) is 10.2 Å². The Hall–Kier alpha value is -1.63. The molecule has 0 N–H and O–H groups in total. The summed E-state index contributed by atoms with van der Waals surface area (Å²) in [6.07, 6.45) is 9.56. The van der Waals surface area contributed by atoms with Crippen LogP contribution in [0.15, 0.2) is 23.6 Å². The molecule has 6 nitrogen and oxygen atoms in total. The van der Waals surface area contributed by atoms with Gasteiger partial charge in [0, 0.05) is 25.5 Å². The van der Waals surface area contributed by atoms with E-state index in [0.29, 0.717) is 22.7 Å². The van der Waals surface area contributed by atoms with Crippen molar-refractivity contribution in [2.45, 2.75) is 43.3 Å². The van der Waals surface area contributed by atoms with E-state index in [9.17, 15) is 4.79 Å². The molecule has 2 aromatic heterocycles. The molecule has 0 radical (unpaired) electrons. The molecule has 112 valence electrons. The molecule has 2 aromatic rings. The molecule has 1 aliphatic rings. The van der Waals surface area contributed by atoms with Crippen LogP contribution in [0.4, 0.5) is 0 Å². The SMILES string of the molecule is CN(C(=O)CSc1nnc2ncccn12)C1CCCCC1. The Bertz CT molecular complexity index is 623. The molecule has 1 amide bonds. The van der Waals surface area contributed by atoms with Crippen LogP contribution in [0.3, 0.4) is 0 Å². The number of rotatable bonds is 4. The van der Waals surface area contributed by atoms with Gasteiger partial charge in [-0.2, -0.15) is 0 Å². The zero-order valence-electron chi connectivity index (χ0n) is 12.1. The van der Waals surface area contributed by atoms with Gasteiger partial charge in [0.25, 0.3) is 5.78 Å². The summed E-state index contributed by atoms with van der Waals surface area (Å²) in [5, 5.41) is 8.78. The first kappa shape index (κ1) is 14.3. The zero-order valence-corrected chi connectivity index (χ0v) is 12.9. The standard InChI is InChI=1S/C14H19N5OS/c1-18(11-6-3-2-4-7-11)12(20)10-21-14-17-16-13-15-8-5-9-19(13)14/h5,8-9,11H,2-4,6-7,10H2,1H3. The van der Waals surface area contributed by atoms with Crippen LogP contribution in [-0.4, -0.2) is 49.2 Å². The smallest absolute Gasteiger partial charge is 0.255 e. The number of aromatic nitrogens is 4. The highest BCUT2D eigenvalue weighted by atomic mass is 32.2. The highest BCUT2D eigenvalue weighted by molar-refractivity contribution is 7.99. The number of carbonyl (C=O) groups excluding carboxylic acids is 1. The normalized spacial score (nSPS) is 16.2. The fraction of sp³-hybridized carbons (Fsp3) is 0.571. The lowest BCUT2D eigenvalue weighted by Crippen LogP contribution is -2.39. The first-order valence-corrected chi connectivity index (χ1v) is 8.28. The molecule has 21 heavy (non-hydrogen) atoms. The van der Waals surface area contributed by atoms with Gasteiger partial charge in [-0.05, 0) is 18.9 Å². The molecule has 0 spiro atoms. The Balaban J connectivity index is 1.60. The molecular formula is C14H19N5OS. The number of hydrogen-bond donors (Lipinski definition) is 0. The summed E-state index contributed by atoms with van der Waals surface area (Å²) in [6.45, 7) is 0. The third kappa shape index (κ3) is 3.18. The van der Waals surface area contributed by atoms with Crippen LogP contribution in [0.5, 0.6) is 0 Å². The molecule has 3 rings (SSSR count). The summed E-state index contributed by atoms with van der Waals surface area (Å²) in [5.41, 5.74) is 0. The minimum absolute atomic E-state index is 0.160. The summed E-state index contributed by atoms with van der Waals surface area (Å²) in [5.74, 6) is 1.11. The average molecular weight is 305 g/mol. The van der Waals surface area contributed by atoms with E-state index >= 15 is 0 Å². The summed E-state index contributed by atoms with van der Waals surface area (Å²) in [4.78, 5) is 18.3. The van der Waals surface area contributed by atoms with Crippen molar-refractivity contribution >= 4 is 23.4 Å². The van der Waals surface area contributed by atoms with Crippen LogP contribution in [0.25, 0.3) is 5.78 Å². The van der Waals surface area contributed by atoms with Gasteiger partial charge in [-0.1, -0.05) is 31.0 Å². The Morgan fingerprint density at radius 2 is 2.19 bits per heavy atom. The van der Waals surface area contributed by atoms with E-state index in [1.54, 1.807) is 10.6 Å². The minimum Gasteiger partial charge on any atom is -0.342 e. The molecule has 1 saturated carbocycles. The molecule has 1 fully saturated rings. The van der Waals surface area contributed by atoms with E-state index in [4.69, 9.17) is 0 Å². The first-order valence-electron chi connectivity index (χ1n) is 7.30. The summed E-state index contributed by atoms with van der Waals surface area (Å²) >= 11 is 1.42. The largest absolute Gasteiger partial charge is 0.342 e. The third-order valence-electron chi connectivity index (χ3n) is 4.00. The molecule has 0 aliphatic heterocycles. The third-order valence-corrected chi connectivity index (χ3v) is 4.93. The van der Waals surface area contributed by atoms with Crippen LogP contribution in [0.1, 0.15) is 32.1 Å². The van der Waals surface area contributed by atoms with E-state index in [2.05, 4.69) is 15.2 Å². The van der Waals surface area contributed by atoms with Gasteiger partial charge < -0.3 is 4.90 Å². The van der Waals surface area contributed by atoms with Crippen molar-refractivity contribution < 1.29 is 4.79 Å². The highest BCUT2D eigenvalue weighted by Gasteiger charge is 2.22. The van der Waals surface area contributed by atoms with E-state index in [1.807, 2.05) is 24.2 Å². The molecule has 0 saturated heterocycles. The van der Waals surface area contributed by atoms with Crippen molar-refractivity contribution in [1.82, 2.24) is 24.5 Å². The van der Waals surface area contributed by atoms with E-state index < -0.39 is 0 Å². The van der Waals surface area contributed by atoms with Gasteiger partial charge in [0.1, 0.15) is 0 Å². The van der Waals surface area contributed by atoms with Crippen molar-refractivity contribution in [3.63, 3.8) is 0 Å². The molecule has 7 heteroatoms. The fourth-order valence-corrected chi connectivity index (χ4v) is 3.56. The number of nitrogens with zero attached hydrogens (tertiary/aromatic N) is 5. The quantitative estimate of drug-likeness (QED) is 0.809. The van der Waals surface area contributed by atoms with Gasteiger partial charge in [0.15, 0.2) is 5.16 Å². The van der Waals surface area contributed by atoms with Crippen molar-refractivity contribution in [1.29, 1.82) is 0 Å². The maximum absolute atomic E-state index is 12.3. The van der Waals surface area contributed by atoms with Gasteiger partial charge in [0.2, 0.25) is 5.91 Å². The highest BCUT2D eigenvalue weighted by Crippen LogP contribution is 2.23. The van der Waals surface area contributed by atoms with Crippen molar-refractivity contribution in [2.75, 3.05) is 12.8 Å². The zero-order chi connectivity index (χ0) is 14.7. The fourth-order valence-electron chi connectivity index (χ4n) is 2.72. The van der Waals surface area contributed by atoms with Gasteiger partial charge in [-0.3, -0.25) is 9.20 Å². The molecule has 2 heterocycles. The number of hydrogen-bond acceptors (Lipinski definition) is 5. The van der Waals surface area contributed by atoms with E-state index in [0.717, 1.165) is 12.8 Å². The predicted molar refractivity (Wildman–Crippen MR) is 81.1 cm³/mol. The second kappa shape index (κ2) is 6.43. The van der Waals surface area contributed by atoms with Gasteiger partial charge in [0.05, 0.1) is 5.75 Å². The first-order chi connectivity index (χ1) is 10.3. The molecule has 0 unspecified atom stereocenters. The number of fused-ring (bicyclic) bond motifs is 1. The second-order valence-electron chi connectivity index (χ2n) is 5.36. The number of amides is 1. The number of thioether (sulfide) groups is 1. The Morgan fingerprint density at radius 1 is 1.38 bits per heavy atom. The molecule has 0 bridgehead atoms. The molecule has 1 aliphatic carbocycles. The predicted octanol–water partition coefficient (Wildman–Crippen LogP) is 2.01. The monoisotopic (exact) mass is 305 g/mol. The van der Waals surface area contributed by atoms with E-state index in [1.165, 1.54) is 31.0 Å². The number of carbonyl (C=O) groups is 1. The lowest BCUT2D eigenvalue weighted by molar-refractivity contribution is -0.129. The van der Waals surface area contributed by atoms with Gasteiger partial charge in [-0.25, -0.2) is 4.98 Å².